The molecule has 0 bridgehead atoms. The molecule has 3 aromatic rings. The van der Waals surface area contributed by atoms with Crippen LogP contribution in [-0.4, -0.2) is 52.7 Å². The highest BCUT2D eigenvalue weighted by atomic mass is 31.2. The van der Waals surface area contributed by atoms with Gasteiger partial charge in [0.2, 0.25) is 0 Å². The van der Waals surface area contributed by atoms with Crippen molar-refractivity contribution in [2.45, 2.75) is 26.1 Å². The van der Waals surface area contributed by atoms with Crippen LogP contribution in [0.4, 0.5) is 32.4 Å². The fraction of sp³-hybridized carbons (Fsp3) is 0.250. The van der Waals surface area contributed by atoms with E-state index in [0.29, 0.717) is 17.7 Å². The third kappa shape index (κ3) is 7.48. The molecule has 4 rings (SSSR count). The third-order valence-corrected chi connectivity index (χ3v) is 7.59. The first-order chi connectivity index (χ1) is 21.1. The molecule has 240 valence electrons. The number of phosphoric ester groups is 1. The summed E-state index contributed by atoms with van der Waals surface area (Å²) in [5.74, 6) is -7.82. The van der Waals surface area contributed by atoms with Crippen LogP contribution in [0.25, 0.3) is 0 Å². The normalized spacial score (nSPS) is 14.8. The zero-order chi connectivity index (χ0) is 33.2. The molecule has 0 aliphatic carbocycles. The molecule has 0 aromatic heterocycles. The Balaban J connectivity index is 1.60. The van der Waals surface area contributed by atoms with Gasteiger partial charge in [-0.15, -0.1) is 0 Å². The molecule has 0 saturated heterocycles. The Morgan fingerprint density at radius 1 is 0.933 bits per heavy atom. The van der Waals surface area contributed by atoms with E-state index in [9.17, 15) is 36.5 Å². The minimum absolute atomic E-state index is 0.0715. The molecule has 11 nitrogen and oxygen atoms in total. The largest absolute Gasteiger partial charge is 0.469 e. The molecule has 0 spiro atoms. The smallest absolute Gasteiger partial charge is 0.350 e. The van der Waals surface area contributed by atoms with Crippen molar-refractivity contribution in [3.8, 4) is 0 Å². The summed E-state index contributed by atoms with van der Waals surface area (Å²) >= 11 is 0. The van der Waals surface area contributed by atoms with Gasteiger partial charge in [0.05, 0.1) is 30.4 Å². The van der Waals surface area contributed by atoms with Gasteiger partial charge >= 0.3 is 13.9 Å². The Kier molecular flexibility index (Phi) is 9.92. The maximum absolute atomic E-state index is 15.5. The second kappa shape index (κ2) is 13.3. The van der Waals surface area contributed by atoms with Gasteiger partial charge in [-0.25, -0.2) is 31.3 Å². The lowest BCUT2D eigenvalue weighted by atomic mass is 9.98. The van der Waals surface area contributed by atoms with E-state index in [1.807, 2.05) is 0 Å². The van der Waals surface area contributed by atoms with Gasteiger partial charge < -0.3 is 25.3 Å². The van der Waals surface area contributed by atoms with Crippen molar-refractivity contribution in [3.63, 3.8) is 0 Å². The Hall–Kier alpha value is -4.37. The van der Waals surface area contributed by atoms with Gasteiger partial charge in [-0.05, 0) is 36.8 Å². The average Bonchev–Trinajstić information content (AvgIpc) is 2.96. The number of phosphoric acid groups is 1. The van der Waals surface area contributed by atoms with Crippen LogP contribution in [-0.2, 0) is 22.2 Å². The Labute approximate surface area is 252 Å². The average molecular weight is 657 g/mol. The molecule has 1 heterocycles. The van der Waals surface area contributed by atoms with Crippen LogP contribution in [0.15, 0.2) is 42.5 Å². The summed E-state index contributed by atoms with van der Waals surface area (Å²) in [7, 11) is -3.35. The molecule has 0 unspecified atom stereocenters. The Morgan fingerprint density at radius 2 is 1.60 bits per heavy atom. The highest BCUT2D eigenvalue weighted by Gasteiger charge is 2.35. The van der Waals surface area contributed by atoms with E-state index in [1.165, 1.54) is 30.1 Å². The molecule has 4 amide bonds. The van der Waals surface area contributed by atoms with Gasteiger partial charge in [0.15, 0.2) is 0 Å². The van der Waals surface area contributed by atoms with Gasteiger partial charge in [0, 0.05) is 49.0 Å². The molecule has 1 aliphatic rings. The summed E-state index contributed by atoms with van der Waals surface area (Å²) in [6, 6.07) is 5.48. The molecule has 1 aliphatic heterocycles. The van der Waals surface area contributed by atoms with Crippen molar-refractivity contribution in [3.05, 3.63) is 99.4 Å². The number of nitrogens with one attached hydrogen (secondary N) is 2. The summed E-state index contributed by atoms with van der Waals surface area (Å²) in [5.41, 5.74) is -1.36. The standard InChI is InChI=1S/C28H26F5N4O7P/c1-14-17-4-3-15(26(38)35-12-19-22(31)10-16(29)11-23(19)32)9-24(17)37(28(40)36(14)2)13-20-21(30)6-5-18(25(20)33)27(39)34-7-8-44-45(41,42)43/h3-6,9-11,14H,7-8,12-13H2,1-2H3,(H,34,39)(H,35,38)(H2,41,42,43)/t14-/m0/s1. The van der Waals surface area contributed by atoms with Crippen LogP contribution in [0.1, 0.15) is 50.4 Å². The minimum Gasteiger partial charge on any atom is -0.350 e. The van der Waals surface area contributed by atoms with Crippen molar-refractivity contribution < 1.29 is 55.2 Å². The number of urea groups is 1. The minimum atomic E-state index is -4.80. The number of nitrogens with zero attached hydrogens (tertiary/aromatic N) is 2. The fourth-order valence-electron chi connectivity index (χ4n) is 4.60. The second-order valence-corrected chi connectivity index (χ2v) is 11.2. The molecule has 3 aromatic carbocycles. The molecule has 0 fully saturated rings. The lowest BCUT2D eigenvalue weighted by molar-refractivity contribution is 0.0933. The zero-order valence-electron chi connectivity index (χ0n) is 23.6. The maximum Gasteiger partial charge on any atom is 0.469 e. The predicted octanol–water partition coefficient (Wildman–Crippen LogP) is 4.28. The number of hydrogen-bond donors (Lipinski definition) is 4. The topological polar surface area (TPSA) is 149 Å². The first-order valence-corrected chi connectivity index (χ1v) is 14.7. The van der Waals surface area contributed by atoms with Gasteiger partial charge in [-0.1, -0.05) is 6.07 Å². The number of rotatable bonds is 10. The molecular weight excluding hydrogens is 630 g/mol. The number of carbonyl (C=O) groups excluding carboxylic acids is 3. The van der Waals surface area contributed by atoms with Crippen LogP contribution in [0, 0.1) is 29.1 Å². The summed E-state index contributed by atoms with van der Waals surface area (Å²) in [5, 5.41) is 4.50. The molecule has 1 atom stereocenters. The number of hydrogen-bond acceptors (Lipinski definition) is 5. The first kappa shape index (κ1) is 33.5. The van der Waals surface area contributed by atoms with E-state index < -0.39 is 104 Å². The quantitative estimate of drug-likeness (QED) is 0.145. The molecular formula is C28H26F5N4O7P. The predicted molar refractivity (Wildman–Crippen MR) is 148 cm³/mol. The summed E-state index contributed by atoms with van der Waals surface area (Å²) in [6.45, 7) is -0.691. The fourth-order valence-corrected chi connectivity index (χ4v) is 4.93. The number of fused-ring (bicyclic) bond motifs is 1. The number of anilines is 1. The zero-order valence-corrected chi connectivity index (χ0v) is 24.5. The Morgan fingerprint density at radius 3 is 2.24 bits per heavy atom. The summed E-state index contributed by atoms with van der Waals surface area (Å²) in [6.07, 6.45) is 0. The van der Waals surface area contributed by atoms with Gasteiger partial charge in [0.25, 0.3) is 11.8 Å². The number of carbonyl (C=O) groups is 3. The highest BCUT2D eigenvalue weighted by molar-refractivity contribution is 7.46. The van der Waals surface area contributed by atoms with Gasteiger partial charge in [-0.2, -0.15) is 0 Å². The van der Waals surface area contributed by atoms with E-state index in [4.69, 9.17) is 9.79 Å². The third-order valence-electron chi connectivity index (χ3n) is 7.07. The van der Waals surface area contributed by atoms with E-state index in [-0.39, 0.29) is 11.3 Å². The van der Waals surface area contributed by atoms with E-state index >= 15 is 4.39 Å². The van der Waals surface area contributed by atoms with Gasteiger partial charge in [-0.3, -0.25) is 19.0 Å². The van der Waals surface area contributed by atoms with E-state index in [1.54, 1.807) is 6.92 Å². The summed E-state index contributed by atoms with van der Waals surface area (Å²) < 4.78 is 86.7. The molecule has 0 radical (unpaired) electrons. The molecule has 45 heavy (non-hydrogen) atoms. The van der Waals surface area contributed by atoms with Crippen molar-refractivity contribution in [1.82, 2.24) is 15.5 Å². The van der Waals surface area contributed by atoms with Crippen molar-refractivity contribution in [1.29, 1.82) is 0 Å². The van der Waals surface area contributed by atoms with Crippen molar-refractivity contribution in [2.75, 3.05) is 25.1 Å². The monoisotopic (exact) mass is 656 g/mol. The van der Waals surface area contributed by atoms with E-state index in [2.05, 4.69) is 15.2 Å². The SMILES string of the molecule is C[C@H]1c2ccc(C(=O)NCc3c(F)cc(F)cc3F)cc2N(Cc2c(F)ccc(C(=O)NCCOP(=O)(O)O)c2F)C(=O)N1C. The first-order valence-electron chi connectivity index (χ1n) is 13.1. The lowest BCUT2D eigenvalue weighted by Crippen LogP contribution is -2.47. The lowest BCUT2D eigenvalue weighted by Gasteiger charge is -2.39. The van der Waals surface area contributed by atoms with Gasteiger partial charge in [0.1, 0.15) is 29.1 Å². The summed E-state index contributed by atoms with van der Waals surface area (Å²) in [4.78, 5) is 58.5. The number of amides is 4. The maximum atomic E-state index is 15.5. The molecule has 17 heteroatoms. The van der Waals surface area contributed by atoms with Crippen LogP contribution >= 0.6 is 7.82 Å². The highest BCUT2D eigenvalue weighted by Crippen LogP contribution is 2.38. The van der Waals surface area contributed by atoms with Crippen LogP contribution in [0.2, 0.25) is 0 Å². The molecule has 0 saturated carbocycles. The number of benzene rings is 3. The van der Waals surface area contributed by atoms with Crippen LogP contribution in [0.3, 0.4) is 0 Å². The number of halogens is 5. The van der Waals surface area contributed by atoms with E-state index in [0.717, 1.165) is 17.0 Å². The second-order valence-electron chi connectivity index (χ2n) is 9.93. The van der Waals surface area contributed by atoms with Crippen molar-refractivity contribution >= 4 is 31.4 Å². The van der Waals surface area contributed by atoms with Crippen LogP contribution in [0.5, 0.6) is 0 Å². The van der Waals surface area contributed by atoms with Crippen molar-refractivity contribution in [2.24, 2.45) is 0 Å². The Bertz CT molecular complexity index is 1700. The molecule has 4 N–H and O–H groups in total. The van der Waals surface area contributed by atoms with Crippen LogP contribution < -0.4 is 15.5 Å².